The van der Waals surface area contributed by atoms with E-state index in [2.05, 4.69) is 40.4 Å². The summed E-state index contributed by atoms with van der Waals surface area (Å²) in [6, 6.07) is 10.8. The normalized spacial score (nSPS) is 23.3. The van der Waals surface area contributed by atoms with Crippen LogP contribution in [0.5, 0.6) is 0 Å². The number of rotatable bonds is 4. The first-order valence-corrected chi connectivity index (χ1v) is 8.66. The summed E-state index contributed by atoms with van der Waals surface area (Å²) in [5.74, 6) is 1.45. The standard InChI is InChI=1S/C18H24N4O.ClH/c19-18(10-4-5-11-18)17-20-16(23-21-17)15-9-6-12-22(15)13-14-7-2-1-3-8-14;/h1-3,7-8,15H,4-6,9-13,19H2;1H. The van der Waals surface area contributed by atoms with Crippen LogP contribution in [0.25, 0.3) is 0 Å². The van der Waals surface area contributed by atoms with Gasteiger partial charge in [-0.2, -0.15) is 4.98 Å². The van der Waals surface area contributed by atoms with Gasteiger partial charge < -0.3 is 10.3 Å². The molecule has 1 aromatic heterocycles. The van der Waals surface area contributed by atoms with Crippen LogP contribution in [-0.2, 0) is 12.1 Å². The Balaban J connectivity index is 0.00000169. The van der Waals surface area contributed by atoms with Gasteiger partial charge in [0.25, 0.3) is 0 Å². The molecule has 1 atom stereocenters. The number of hydrogen-bond donors (Lipinski definition) is 1. The lowest BCUT2D eigenvalue weighted by molar-refractivity contribution is 0.200. The number of likely N-dealkylation sites (tertiary alicyclic amines) is 1. The van der Waals surface area contributed by atoms with Gasteiger partial charge in [0.2, 0.25) is 5.89 Å². The molecule has 0 radical (unpaired) electrons. The van der Waals surface area contributed by atoms with E-state index in [1.165, 1.54) is 12.0 Å². The molecule has 4 rings (SSSR count). The van der Waals surface area contributed by atoms with Crippen LogP contribution < -0.4 is 5.73 Å². The Bertz CT molecular complexity index is 654. The molecular formula is C18H25ClN4O. The Kier molecular flexibility index (Phi) is 5.23. The summed E-state index contributed by atoms with van der Waals surface area (Å²) in [6.07, 6.45) is 6.48. The Morgan fingerprint density at radius 1 is 1.17 bits per heavy atom. The second-order valence-corrected chi connectivity index (χ2v) is 6.93. The van der Waals surface area contributed by atoms with Gasteiger partial charge in [-0.1, -0.05) is 48.3 Å². The van der Waals surface area contributed by atoms with Crippen LogP contribution in [0.1, 0.15) is 61.8 Å². The van der Waals surface area contributed by atoms with Crippen LogP contribution in [0.4, 0.5) is 0 Å². The predicted molar refractivity (Wildman–Crippen MR) is 94.7 cm³/mol. The summed E-state index contributed by atoms with van der Waals surface area (Å²) >= 11 is 0. The number of benzene rings is 1. The van der Waals surface area contributed by atoms with E-state index in [9.17, 15) is 0 Å². The fourth-order valence-corrected chi connectivity index (χ4v) is 3.92. The summed E-state index contributed by atoms with van der Waals surface area (Å²) in [5, 5.41) is 4.22. The van der Waals surface area contributed by atoms with E-state index < -0.39 is 0 Å². The van der Waals surface area contributed by atoms with Crippen molar-refractivity contribution in [1.29, 1.82) is 0 Å². The molecule has 2 N–H and O–H groups in total. The van der Waals surface area contributed by atoms with E-state index in [0.717, 1.165) is 51.1 Å². The fraction of sp³-hybridized carbons (Fsp3) is 0.556. The van der Waals surface area contributed by atoms with Crippen LogP contribution in [0.3, 0.4) is 0 Å². The lowest BCUT2D eigenvalue weighted by Crippen LogP contribution is -2.34. The maximum absolute atomic E-state index is 6.45. The molecule has 2 aliphatic rings. The number of hydrogen-bond acceptors (Lipinski definition) is 5. The van der Waals surface area contributed by atoms with Crippen LogP contribution in [0.15, 0.2) is 34.9 Å². The molecule has 130 valence electrons. The molecule has 2 fully saturated rings. The third-order valence-electron chi connectivity index (χ3n) is 5.26. The molecule has 1 saturated carbocycles. The van der Waals surface area contributed by atoms with Gasteiger partial charge in [-0.25, -0.2) is 0 Å². The molecule has 2 aromatic rings. The number of halogens is 1. The van der Waals surface area contributed by atoms with E-state index in [0.29, 0.717) is 5.82 Å². The third-order valence-corrected chi connectivity index (χ3v) is 5.26. The van der Waals surface area contributed by atoms with Crippen molar-refractivity contribution in [3.05, 3.63) is 47.6 Å². The zero-order valence-corrected chi connectivity index (χ0v) is 14.7. The van der Waals surface area contributed by atoms with Crippen molar-refractivity contribution in [2.75, 3.05) is 6.54 Å². The second-order valence-electron chi connectivity index (χ2n) is 6.93. The molecule has 5 nitrogen and oxygen atoms in total. The maximum atomic E-state index is 6.45. The van der Waals surface area contributed by atoms with Gasteiger partial charge in [0.1, 0.15) is 0 Å². The summed E-state index contributed by atoms with van der Waals surface area (Å²) in [7, 11) is 0. The van der Waals surface area contributed by atoms with Gasteiger partial charge >= 0.3 is 0 Å². The highest BCUT2D eigenvalue weighted by Gasteiger charge is 2.38. The molecule has 0 amide bonds. The third kappa shape index (κ3) is 3.34. The highest BCUT2D eigenvalue weighted by Crippen LogP contribution is 2.37. The fourth-order valence-electron chi connectivity index (χ4n) is 3.92. The molecule has 1 saturated heterocycles. The van der Waals surface area contributed by atoms with Crippen molar-refractivity contribution in [2.45, 2.75) is 56.7 Å². The molecular weight excluding hydrogens is 324 g/mol. The van der Waals surface area contributed by atoms with Crippen molar-refractivity contribution in [3.8, 4) is 0 Å². The molecule has 1 aliphatic heterocycles. The number of nitrogens with two attached hydrogens (primary N) is 1. The monoisotopic (exact) mass is 348 g/mol. The van der Waals surface area contributed by atoms with Crippen LogP contribution >= 0.6 is 12.4 Å². The van der Waals surface area contributed by atoms with Gasteiger partial charge in [-0.05, 0) is 37.8 Å². The quantitative estimate of drug-likeness (QED) is 0.915. The van der Waals surface area contributed by atoms with E-state index in [1.54, 1.807) is 0 Å². The summed E-state index contributed by atoms with van der Waals surface area (Å²) in [4.78, 5) is 7.13. The minimum absolute atomic E-state index is 0. The molecule has 24 heavy (non-hydrogen) atoms. The van der Waals surface area contributed by atoms with Crippen molar-refractivity contribution < 1.29 is 4.52 Å². The van der Waals surface area contributed by atoms with Gasteiger partial charge in [0.15, 0.2) is 5.82 Å². The van der Waals surface area contributed by atoms with Crippen molar-refractivity contribution in [3.63, 3.8) is 0 Å². The Morgan fingerprint density at radius 2 is 1.92 bits per heavy atom. The van der Waals surface area contributed by atoms with Crippen LogP contribution in [-0.4, -0.2) is 21.6 Å². The van der Waals surface area contributed by atoms with E-state index >= 15 is 0 Å². The zero-order chi connectivity index (χ0) is 15.7. The molecule has 0 spiro atoms. The zero-order valence-electron chi connectivity index (χ0n) is 13.9. The minimum Gasteiger partial charge on any atom is -0.338 e. The van der Waals surface area contributed by atoms with E-state index in [-0.39, 0.29) is 24.0 Å². The first-order valence-electron chi connectivity index (χ1n) is 8.66. The van der Waals surface area contributed by atoms with Gasteiger partial charge in [0.05, 0.1) is 11.6 Å². The van der Waals surface area contributed by atoms with Crippen molar-refractivity contribution in [2.24, 2.45) is 5.73 Å². The summed E-state index contributed by atoms with van der Waals surface area (Å²) in [6.45, 7) is 2.00. The summed E-state index contributed by atoms with van der Waals surface area (Å²) in [5.41, 5.74) is 7.41. The Labute approximate surface area is 149 Å². The molecule has 1 aromatic carbocycles. The SMILES string of the molecule is Cl.NC1(c2noc(C3CCCN3Cc3ccccc3)n2)CCCC1. The maximum Gasteiger partial charge on any atom is 0.244 e. The van der Waals surface area contributed by atoms with Gasteiger partial charge in [-0.3, -0.25) is 4.90 Å². The van der Waals surface area contributed by atoms with Gasteiger partial charge in [-0.15, -0.1) is 12.4 Å². The lowest BCUT2D eigenvalue weighted by Gasteiger charge is -2.21. The molecule has 1 aliphatic carbocycles. The molecule has 1 unspecified atom stereocenters. The second kappa shape index (κ2) is 7.21. The Morgan fingerprint density at radius 3 is 2.67 bits per heavy atom. The average molecular weight is 349 g/mol. The van der Waals surface area contributed by atoms with Crippen molar-refractivity contribution in [1.82, 2.24) is 15.0 Å². The average Bonchev–Trinajstić information content (AvgIpc) is 3.28. The van der Waals surface area contributed by atoms with E-state index in [4.69, 9.17) is 15.2 Å². The Hall–Kier alpha value is -1.43. The number of aromatic nitrogens is 2. The minimum atomic E-state index is -0.370. The molecule has 2 heterocycles. The predicted octanol–water partition coefficient (Wildman–Crippen LogP) is 3.56. The topological polar surface area (TPSA) is 68.2 Å². The smallest absolute Gasteiger partial charge is 0.244 e. The first-order chi connectivity index (χ1) is 11.2. The van der Waals surface area contributed by atoms with Gasteiger partial charge in [0, 0.05) is 6.54 Å². The highest BCUT2D eigenvalue weighted by atomic mass is 35.5. The van der Waals surface area contributed by atoms with E-state index in [1.807, 2.05) is 0 Å². The highest BCUT2D eigenvalue weighted by molar-refractivity contribution is 5.85. The first kappa shape index (κ1) is 17.4. The molecule has 6 heteroatoms. The van der Waals surface area contributed by atoms with Crippen LogP contribution in [0.2, 0.25) is 0 Å². The van der Waals surface area contributed by atoms with Crippen LogP contribution in [0, 0.1) is 0 Å². The summed E-state index contributed by atoms with van der Waals surface area (Å²) < 4.78 is 5.61. The number of nitrogens with zero attached hydrogens (tertiary/aromatic N) is 3. The molecule has 0 bridgehead atoms. The lowest BCUT2D eigenvalue weighted by atomic mass is 9.98. The van der Waals surface area contributed by atoms with Crippen molar-refractivity contribution >= 4 is 12.4 Å². The largest absolute Gasteiger partial charge is 0.338 e.